The molecule has 5 nitrogen and oxygen atoms in total. The van der Waals surface area contributed by atoms with Gasteiger partial charge in [0.05, 0.1) is 17.8 Å². The molecule has 0 bridgehead atoms. The molecule has 0 saturated heterocycles. The highest BCUT2D eigenvalue weighted by atomic mass is 19.1. The van der Waals surface area contributed by atoms with Crippen molar-refractivity contribution >= 4 is 5.97 Å². The molecule has 0 aliphatic carbocycles. The van der Waals surface area contributed by atoms with E-state index in [2.05, 4.69) is 10.3 Å². The number of alkyl halides is 1. The zero-order valence-corrected chi connectivity index (χ0v) is 11.4. The second kappa shape index (κ2) is 5.40. The predicted molar refractivity (Wildman–Crippen MR) is 71.4 cm³/mol. The number of carboxylic acids is 1. The Hall–Kier alpha value is -2.24. The molecule has 0 radical (unpaired) electrons. The van der Waals surface area contributed by atoms with E-state index in [4.69, 9.17) is 5.11 Å². The number of hydrogen-bond acceptors (Lipinski definition) is 3. The van der Waals surface area contributed by atoms with E-state index >= 15 is 0 Å². The largest absolute Gasteiger partial charge is 0.478 e. The fraction of sp³-hybridized carbons (Fsp3) is 0.357. The molecule has 2 aromatic rings. The number of aromatic nitrogens is 3. The Balaban J connectivity index is 2.05. The van der Waals surface area contributed by atoms with Crippen molar-refractivity contribution in [1.29, 1.82) is 0 Å². The zero-order chi connectivity index (χ0) is 14.8. The lowest BCUT2D eigenvalue weighted by Crippen LogP contribution is -2.21. The minimum Gasteiger partial charge on any atom is -0.478 e. The molecular formula is C14H16FN3O2. The van der Waals surface area contributed by atoms with Crippen molar-refractivity contribution in [3.05, 3.63) is 47.3 Å². The number of rotatable bonds is 5. The standard InChI is InChI=1S/C14H16FN3O2/c1-14(2,15)9-18-8-12(16-17-18)7-10-3-5-11(6-4-10)13(19)20/h3-6,8H,7,9H2,1-2H3,(H,19,20). The summed E-state index contributed by atoms with van der Waals surface area (Å²) in [4.78, 5) is 10.7. The molecule has 20 heavy (non-hydrogen) atoms. The molecule has 1 aromatic heterocycles. The number of benzene rings is 1. The quantitative estimate of drug-likeness (QED) is 0.910. The number of carbonyl (C=O) groups is 1. The van der Waals surface area contributed by atoms with Gasteiger partial charge in [-0.25, -0.2) is 13.9 Å². The third-order valence-corrected chi connectivity index (χ3v) is 2.71. The summed E-state index contributed by atoms with van der Waals surface area (Å²) in [6, 6.07) is 6.57. The summed E-state index contributed by atoms with van der Waals surface area (Å²) in [6.45, 7) is 3.12. The van der Waals surface area contributed by atoms with Crippen molar-refractivity contribution in [2.45, 2.75) is 32.5 Å². The van der Waals surface area contributed by atoms with E-state index in [9.17, 15) is 9.18 Å². The van der Waals surface area contributed by atoms with Gasteiger partial charge in [-0.2, -0.15) is 0 Å². The minimum absolute atomic E-state index is 0.151. The van der Waals surface area contributed by atoms with Gasteiger partial charge in [0.1, 0.15) is 5.67 Å². The highest BCUT2D eigenvalue weighted by Crippen LogP contribution is 2.13. The fourth-order valence-corrected chi connectivity index (χ4v) is 1.86. The zero-order valence-electron chi connectivity index (χ0n) is 11.4. The lowest BCUT2D eigenvalue weighted by Gasteiger charge is -2.12. The maximum absolute atomic E-state index is 13.5. The normalized spacial score (nSPS) is 11.6. The molecule has 0 spiro atoms. The summed E-state index contributed by atoms with van der Waals surface area (Å²) in [7, 11) is 0. The van der Waals surface area contributed by atoms with Crippen LogP contribution in [0.5, 0.6) is 0 Å². The van der Waals surface area contributed by atoms with E-state index in [0.29, 0.717) is 6.42 Å². The smallest absolute Gasteiger partial charge is 0.335 e. The molecule has 1 N–H and O–H groups in total. The lowest BCUT2D eigenvalue weighted by atomic mass is 10.1. The molecule has 2 rings (SSSR count). The Kier molecular flexibility index (Phi) is 3.83. The van der Waals surface area contributed by atoms with Crippen LogP contribution in [0.2, 0.25) is 0 Å². The van der Waals surface area contributed by atoms with Gasteiger partial charge in [0.25, 0.3) is 0 Å². The number of hydrogen-bond donors (Lipinski definition) is 1. The van der Waals surface area contributed by atoms with Gasteiger partial charge in [-0.05, 0) is 31.5 Å². The van der Waals surface area contributed by atoms with Crippen molar-refractivity contribution in [3.63, 3.8) is 0 Å². The molecule has 0 unspecified atom stereocenters. The van der Waals surface area contributed by atoms with Crippen LogP contribution >= 0.6 is 0 Å². The Labute approximate surface area is 116 Å². The molecule has 6 heteroatoms. The third kappa shape index (κ3) is 3.88. The van der Waals surface area contributed by atoms with Crippen LogP contribution < -0.4 is 0 Å². The van der Waals surface area contributed by atoms with Crippen LogP contribution in [0, 0.1) is 0 Å². The van der Waals surface area contributed by atoms with E-state index in [1.54, 1.807) is 30.5 Å². The molecule has 0 saturated carbocycles. The second-order valence-electron chi connectivity index (χ2n) is 5.31. The average Bonchev–Trinajstić information content (AvgIpc) is 2.74. The molecule has 1 heterocycles. The second-order valence-corrected chi connectivity index (χ2v) is 5.31. The Morgan fingerprint density at radius 1 is 1.35 bits per heavy atom. The van der Waals surface area contributed by atoms with Gasteiger partial charge in [0, 0.05) is 12.6 Å². The maximum Gasteiger partial charge on any atom is 0.335 e. The van der Waals surface area contributed by atoms with E-state index < -0.39 is 11.6 Å². The molecule has 0 aliphatic rings. The summed E-state index contributed by atoms with van der Waals surface area (Å²) in [5.74, 6) is -0.951. The molecule has 1 aromatic carbocycles. The Bertz CT molecular complexity index is 600. The summed E-state index contributed by atoms with van der Waals surface area (Å²) < 4.78 is 15.0. The van der Waals surface area contributed by atoms with E-state index in [0.717, 1.165) is 11.3 Å². The lowest BCUT2D eigenvalue weighted by molar-refractivity contribution is 0.0697. The molecule has 0 amide bonds. The van der Waals surface area contributed by atoms with Gasteiger partial charge in [0.2, 0.25) is 0 Å². The van der Waals surface area contributed by atoms with Crippen LogP contribution in [0.15, 0.2) is 30.5 Å². The van der Waals surface area contributed by atoms with Crippen LogP contribution in [0.1, 0.15) is 35.5 Å². The third-order valence-electron chi connectivity index (χ3n) is 2.71. The first-order valence-electron chi connectivity index (χ1n) is 6.24. The van der Waals surface area contributed by atoms with Crippen molar-refractivity contribution in [2.75, 3.05) is 0 Å². The maximum atomic E-state index is 13.5. The summed E-state index contributed by atoms with van der Waals surface area (Å²) in [6.07, 6.45) is 2.24. The minimum atomic E-state index is -1.34. The first-order valence-corrected chi connectivity index (χ1v) is 6.24. The number of halogens is 1. The van der Waals surface area contributed by atoms with Gasteiger partial charge in [-0.3, -0.25) is 0 Å². The van der Waals surface area contributed by atoms with E-state index in [-0.39, 0.29) is 12.1 Å². The summed E-state index contributed by atoms with van der Waals surface area (Å²) in [5, 5.41) is 16.7. The van der Waals surface area contributed by atoms with Crippen LogP contribution in [-0.4, -0.2) is 31.7 Å². The highest BCUT2D eigenvalue weighted by Gasteiger charge is 2.17. The Morgan fingerprint density at radius 3 is 2.55 bits per heavy atom. The fourth-order valence-electron chi connectivity index (χ4n) is 1.86. The van der Waals surface area contributed by atoms with Gasteiger partial charge in [-0.15, -0.1) is 5.10 Å². The molecule has 0 aliphatic heterocycles. The number of nitrogens with zero attached hydrogens (tertiary/aromatic N) is 3. The van der Waals surface area contributed by atoms with Gasteiger partial charge < -0.3 is 5.11 Å². The first kappa shape index (κ1) is 14.2. The molecule has 0 atom stereocenters. The van der Waals surface area contributed by atoms with Crippen molar-refractivity contribution in [2.24, 2.45) is 0 Å². The van der Waals surface area contributed by atoms with Gasteiger partial charge in [-0.1, -0.05) is 17.3 Å². The summed E-state index contributed by atoms with van der Waals surface area (Å²) >= 11 is 0. The molecule has 0 fully saturated rings. The van der Waals surface area contributed by atoms with Crippen molar-refractivity contribution in [3.8, 4) is 0 Å². The van der Waals surface area contributed by atoms with E-state index in [1.165, 1.54) is 18.5 Å². The Morgan fingerprint density at radius 2 is 2.00 bits per heavy atom. The highest BCUT2D eigenvalue weighted by molar-refractivity contribution is 5.87. The predicted octanol–water partition coefficient (Wildman–Crippen LogP) is 2.32. The van der Waals surface area contributed by atoms with Crippen LogP contribution in [-0.2, 0) is 13.0 Å². The van der Waals surface area contributed by atoms with Gasteiger partial charge >= 0.3 is 5.97 Å². The topological polar surface area (TPSA) is 68.0 Å². The molecule has 106 valence electrons. The summed E-state index contributed by atoms with van der Waals surface area (Å²) in [5.41, 5.74) is 0.559. The number of aromatic carboxylic acids is 1. The monoisotopic (exact) mass is 277 g/mol. The SMILES string of the molecule is CC(C)(F)Cn1cc(Cc2ccc(C(=O)O)cc2)nn1. The average molecular weight is 277 g/mol. The molecular weight excluding hydrogens is 261 g/mol. The van der Waals surface area contributed by atoms with Crippen LogP contribution in [0.3, 0.4) is 0 Å². The van der Waals surface area contributed by atoms with Gasteiger partial charge in [0.15, 0.2) is 0 Å². The van der Waals surface area contributed by atoms with Crippen LogP contribution in [0.25, 0.3) is 0 Å². The van der Waals surface area contributed by atoms with Crippen LogP contribution in [0.4, 0.5) is 4.39 Å². The number of carboxylic acid groups (broad SMARTS) is 1. The first-order chi connectivity index (χ1) is 9.33. The van der Waals surface area contributed by atoms with Crippen molar-refractivity contribution in [1.82, 2.24) is 15.0 Å². The van der Waals surface area contributed by atoms with E-state index in [1.807, 2.05) is 0 Å². The van der Waals surface area contributed by atoms with Crippen molar-refractivity contribution < 1.29 is 14.3 Å².